The Hall–Kier alpha value is -3.07. The van der Waals surface area contributed by atoms with E-state index in [-0.39, 0.29) is 6.04 Å². The van der Waals surface area contributed by atoms with Crippen LogP contribution in [-0.2, 0) is 9.53 Å². The molecule has 3 aromatic rings. The lowest BCUT2D eigenvalue weighted by molar-refractivity contribution is -0.204. The number of halogens is 3. The fraction of sp³-hybridized carbons (Fsp3) is 0.500. The number of nitrogens with one attached hydrogen (secondary N) is 1. The van der Waals surface area contributed by atoms with E-state index in [0.29, 0.717) is 25.9 Å². The first-order valence-electron chi connectivity index (χ1n) is 13.0. The zero-order valence-electron chi connectivity index (χ0n) is 20.9. The van der Waals surface area contributed by atoms with Gasteiger partial charge in [0.1, 0.15) is 11.9 Å². The van der Waals surface area contributed by atoms with Gasteiger partial charge in [-0.1, -0.05) is 18.2 Å². The van der Waals surface area contributed by atoms with E-state index < -0.39 is 18.2 Å². The second kappa shape index (κ2) is 10.7. The topological polar surface area (TPSA) is 63.7 Å². The Morgan fingerprint density at radius 2 is 1.89 bits per heavy atom. The van der Waals surface area contributed by atoms with Crippen molar-refractivity contribution in [3.8, 4) is 5.75 Å². The van der Waals surface area contributed by atoms with Gasteiger partial charge in [0.25, 0.3) is 0 Å². The molecule has 0 amide bonds. The number of carbonyl (C=O) groups is 1. The Labute approximate surface area is 214 Å². The van der Waals surface area contributed by atoms with Crippen molar-refractivity contribution < 1.29 is 27.4 Å². The highest BCUT2D eigenvalue weighted by Crippen LogP contribution is 2.37. The number of aromatic nitrogens is 1. The van der Waals surface area contributed by atoms with Crippen molar-refractivity contribution in [1.29, 1.82) is 0 Å². The van der Waals surface area contributed by atoms with E-state index in [2.05, 4.69) is 16.3 Å². The number of fused-ring (bicyclic) bond motifs is 2. The second-order valence-corrected chi connectivity index (χ2v) is 10.1. The molecule has 2 aliphatic rings. The third kappa shape index (κ3) is 5.92. The summed E-state index contributed by atoms with van der Waals surface area (Å²) in [5, 5.41) is 5.40. The monoisotopic (exact) mass is 515 g/mol. The molecule has 1 saturated carbocycles. The van der Waals surface area contributed by atoms with E-state index in [9.17, 15) is 18.0 Å². The lowest BCUT2D eigenvalue weighted by Crippen LogP contribution is -2.29. The summed E-state index contributed by atoms with van der Waals surface area (Å²) in [5.74, 6) is -1.32. The molecule has 2 heterocycles. The van der Waals surface area contributed by atoms with E-state index in [1.807, 2.05) is 37.3 Å². The predicted molar refractivity (Wildman–Crippen MR) is 137 cm³/mol. The first-order chi connectivity index (χ1) is 17.8. The van der Waals surface area contributed by atoms with Gasteiger partial charge in [-0.15, -0.1) is 0 Å². The highest BCUT2D eigenvalue weighted by molar-refractivity contribution is 6.08. The van der Waals surface area contributed by atoms with Gasteiger partial charge in [-0.25, -0.2) is 9.78 Å². The lowest BCUT2D eigenvalue weighted by atomic mass is 10.0. The predicted octanol–water partition coefficient (Wildman–Crippen LogP) is 6.00. The van der Waals surface area contributed by atoms with E-state index in [1.165, 1.54) is 25.9 Å². The molecule has 6 nitrogen and oxygen atoms in total. The average molecular weight is 516 g/mol. The maximum Gasteiger partial charge on any atom is 0.490 e. The number of esters is 1. The number of nitrogens with zero attached hydrogens (tertiary/aromatic N) is 2. The molecule has 0 unspecified atom stereocenters. The van der Waals surface area contributed by atoms with Crippen LogP contribution in [0.25, 0.3) is 21.8 Å². The summed E-state index contributed by atoms with van der Waals surface area (Å²) in [6.45, 7) is 6.05. The highest BCUT2D eigenvalue weighted by Gasteiger charge is 2.43. The number of pyridine rings is 1. The van der Waals surface area contributed by atoms with Gasteiger partial charge in [-0.2, -0.15) is 13.2 Å². The van der Waals surface area contributed by atoms with Gasteiger partial charge in [0.05, 0.1) is 23.3 Å². The smallest absolute Gasteiger partial charge is 0.490 e. The molecule has 1 N–H and O–H groups in total. The van der Waals surface area contributed by atoms with Crippen LogP contribution in [0.5, 0.6) is 5.75 Å². The molecule has 198 valence electrons. The minimum atomic E-state index is -4.98. The minimum absolute atomic E-state index is 0.123. The van der Waals surface area contributed by atoms with E-state index in [4.69, 9.17) is 14.5 Å². The first kappa shape index (κ1) is 25.6. The van der Waals surface area contributed by atoms with Crippen LogP contribution in [0.4, 0.5) is 18.9 Å². The molecule has 2 atom stereocenters. The lowest BCUT2D eigenvalue weighted by Gasteiger charge is -2.20. The van der Waals surface area contributed by atoms with Gasteiger partial charge in [0.15, 0.2) is 0 Å². The molecule has 5 rings (SSSR count). The number of hydrogen-bond donors (Lipinski definition) is 1. The maximum absolute atomic E-state index is 12.6. The quantitative estimate of drug-likeness (QED) is 0.226. The van der Waals surface area contributed by atoms with E-state index in [0.717, 1.165) is 51.8 Å². The van der Waals surface area contributed by atoms with Crippen LogP contribution < -0.4 is 10.1 Å². The van der Waals surface area contributed by atoms with Crippen molar-refractivity contribution in [1.82, 2.24) is 9.88 Å². The number of carbonyl (C=O) groups excluding carboxylic acids is 1. The summed E-state index contributed by atoms with van der Waals surface area (Å²) in [4.78, 5) is 18.6. The SMILES string of the molecule is Cc1cc2c(N[C@@H]3CC[C@H](OC(=O)C(F)(F)F)C3)c3ccccc3nc2cc1OCCCN1CCCC1. The zero-order chi connectivity index (χ0) is 26.0. The molecule has 1 aliphatic heterocycles. The normalized spacial score (nSPS) is 20.5. The summed E-state index contributed by atoms with van der Waals surface area (Å²) < 4.78 is 48.7. The third-order valence-corrected chi connectivity index (χ3v) is 7.29. The molecule has 0 bridgehead atoms. The number of rotatable bonds is 8. The number of alkyl halides is 3. The summed E-state index contributed by atoms with van der Waals surface area (Å²) in [7, 11) is 0. The fourth-order valence-corrected chi connectivity index (χ4v) is 5.42. The number of anilines is 1. The Morgan fingerprint density at radius 3 is 2.68 bits per heavy atom. The van der Waals surface area contributed by atoms with Crippen molar-refractivity contribution in [3.63, 3.8) is 0 Å². The second-order valence-electron chi connectivity index (χ2n) is 10.1. The van der Waals surface area contributed by atoms with Crippen molar-refractivity contribution in [2.24, 2.45) is 0 Å². The average Bonchev–Trinajstić information content (AvgIpc) is 3.54. The fourth-order valence-electron chi connectivity index (χ4n) is 5.42. The van der Waals surface area contributed by atoms with Gasteiger partial charge in [-0.3, -0.25) is 0 Å². The number of ether oxygens (including phenoxy) is 2. The van der Waals surface area contributed by atoms with Crippen LogP contribution in [0, 0.1) is 6.92 Å². The van der Waals surface area contributed by atoms with Crippen LogP contribution in [0.2, 0.25) is 0 Å². The summed E-state index contributed by atoms with van der Waals surface area (Å²) in [5.41, 5.74) is 3.49. The zero-order valence-corrected chi connectivity index (χ0v) is 20.9. The first-order valence-corrected chi connectivity index (χ1v) is 13.0. The number of hydrogen-bond acceptors (Lipinski definition) is 6. The Morgan fingerprint density at radius 1 is 1.11 bits per heavy atom. The van der Waals surface area contributed by atoms with E-state index >= 15 is 0 Å². The Kier molecular flexibility index (Phi) is 7.42. The summed E-state index contributed by atoms with van der Waals surface area (Å²) >= 11 is 0. The molecule has 1 saturated heterocycles. The Balaban J connectivity index is 1.34. The molecule has 0 spiro atoms. The molecule has 1 aromatic heterocycles. The molecular weight excluding hydrogens is 483 g/mol. The molecule has 2 fully saturated rings. The number of benzene rings is 2. The van der Waals surface area contributed by atoms with Crippen molar-refractivity contribution in [2.75, 3.05) is 31.6 Å². The number of likely N-dealkylation sites (tertiary alicyclic amines) is 1. The molecule has 0 radical (unpaired) electrons. The van der Waals surface area contributed by atoms with Crippen LogP contribution in [0.3, 0.4) is 0 Å². The standard InChI is InChI=1S/C28H32F3N3O3/c1-18-15-22-24(17-25(18)36-14-6-13-34-11-4-5-12-34)33-23-8-3-2-7-21(23)26(22)32-19-9-10-20(16-19)37-27(35)28(29,30)31/h2-3,7-8,15,17,19-20H,4-6,9-14,16H2,1H3,(H,32,33)/t19-,20+/m1/s1. The highest BCUT2D eigenvalue weighted by atomic mass is 19.4. The van der Waals surface area contributed by atoms with Crippen LogP contribution in [0.1, 0.15) is 44.1 Å². The van der Waals surface area contributed by atoms with Crippen LogP contribution in [0.15, 0.2) is 36.4 Å². The van der Waals surface area contributed by atoms with Gasteiger partial charge in [0.2, 0.25) is 0 Å². The molecule has 37 heavy (non-hydrogen) atoms. The Bertz CT molecular complexity index is 1270. The number of aryl methyl sites for hydroxylation is 1. The van der Waals surface area contributed by atoms with Gasteiger partial charge in [-0.05, 0) is 69.8 Å². The molecular formula is C28H32F3N3O3. The van der Waals surface area contributed by atoms with Crippen LogP contribution >= 0.6 is 0 Å². The van der Waals surface area contributed by atoms with Gasteiger partial charge >= 0.3 is 12.1 Å². The van der Waals surface area contributed by atoms with Gasteiger partial charge < -0.3 is 19.7 Å². The van der Waals surface area contributed by atoms with Crippen molar-refractivity contribution in [2.45, 2.75) is 63.8 Å². The van der Waals surface area contributed by atoms with Gasteiger partial charge in [0, 0.05) is 35.8 Å². The largest absolute Gasteiger partial charge is 0.493 e. The maximum atomic E-state index is 12.6. The summed E-state index contributed by atoms with van der Waals surface area (Å²) in [6, 6.07) is 11.7. The van der Waals surface area contributed by atoms with Crippen LogP contribution in [-0.4, -0.2) is 60.4 Å². The summed E-state index contributed by atoms with van der Waals surface area (Å²) in [6.07, 6.45) is -0.904. The third-order valence-electron chi connectivity index (χ3n) is 7.29. The van der Waals surface area contributed by atoms with E-state index in [1.54, 1.807) is 0 Å². The molecule has 2 aromatic carbocycles. The molecule has 1 aliphatic carbocycles. The van der Waals surface area contributed by atoms with Crippen molar-refractivity contribution in [3.05, 3.63) is 42.0 Å². The molecule has 9 heteroatoms. The minimum Gasteiger partial charge on any atom is -0.493 e. The van der Waals surface area contributed by atoms with Crippen molar-refractivity contribution >= 4 is 33.5 Å². The number of para-hydroxylation sites is 1.